The van der Waals surface area contributed by atoms with E-state index >= 15 is 0 Å². The van der Waals surface area contributed by atoms with E-state index in [0.29, 0.717) is 17.7 Å². The van der Waals surface area contributed by atoms with E-state index in [1.54, 1.807) is 36.7 Å². The fourth-order valence-electron chi connectivity index (χ4n) is 2.77. The second kappa shape index (κ2) is 9.34. The van der Waals surface area contributed by atoms with Crippen LogP contribution in [0.25, 0.3) is 0 Å². The minimum absolute atomic E-state index is 0.108. The molecule has 1 aromatic heterocycles. The molecule has 0 fully saturated rings. The third-order valence-corrected chi connectivity index (χ3v) is 6.23. The number of benzene rings is 2. The summed E-state index contributed by atoms with van der Waals surface area (Å²) >= 11 is 0. The Morgan fingerprint density at radius 3 is 2.38 bits per heavy atom. The number of anilines is 1. The molecule has 0 bridgehead atoms. The topological polar surface area (TPSA) is 76.6 Å². The van der Waals surface area contributed by atoms with E-state index in [1.165, 1.54) is 35.6 Å². The Morgan fingerprint density at radius 1 is 1.00 bits per heavy atom. The van der Waals surface area contributed by atoms with E-state index in [-0.39, 0.29) is 11.5 Å². The SMILES string of the molecule is CN(c1ccccc1)S(=O)(=O)c1ccc(C(=O)OCCCc2cccnc2)cc1. The van der Waals surface area contributed by atoms with Crippen molar-refractivity contribution in [2.75, 3.05) is 18.0 Å². The first-order valence-corrected chi connectivity index (χ1v) is 10.6. The van der Waals surface area contributed by atoms with Crippen LogP contribution in [0, 0.1) is 0 Å². The molecule has 29 heavy (non-hydrogen) atoms. The van der Waals surface area contributed by atoms with Gasteiger partial charge in [0.1, 0.15) is 0 Å². The predicted molar refractivity (Wildman–Crippen MR) is 111 cm³/mol. The number of aromatic nitrogens is 1. The van der Waals surface area contributed by atoms with E-state index in [4.69, 9.17) is 4.74 Å². The highest BCUT2D eigenvalue weighted by atomic mass is 32.2. The third-order valence-electron chi connectivity index (χ3n) is 4.43. The van der Waals surface area contributed by atoms with Crippen molar-refractivity contribution in [2.24, 2.45) is 0 Å². The molecule has 0 aliphatic heterocycles. The van der Waals surface area contributed by atoms with Crippen LogP contribution in [0.3, 0.4) is 0 Å². The standard InChI is InChI=1S/C22H22N2O4S/c1-24(20-9-3-2-4-10-20)29(26,27)21-13-11-19(12-14-21)22(25)28-16-6-8-18-7-5-15-23-17-18/h2-5,7,9-15,17H,6,8,16H2,1H3. The summed E-state index contributed by atoms with van der Waals surface area (Å²) in [4.78, 5) is 16.3. The van der Waals surface area contributed by atoms with Gasteiger partial charge < -0.3 is 4.74 Å². The highest BCUT2D eigenvalue weighted by molar-refractivity contribution is 7.92. The average molecular weight is 410 g/mol. The van der Waals surface area contributed by atoms with Gasteiger partial charge >= 0.3 is 5.97 Å². The number of pyridine rings is 1. The van der Waals surface area contributed by atoms with E-state index in [2.05, 4.69) is 4.98 Å². The maximum absolute atomic E-state index is 12.8. The molecule has 150 valence electrons. The number of hydrogen-bond donors (Lipinski definition) is 0. The van der Waals surface area contributed by atoms with Gasteiger partial charge in [-0.25, -0.2) is 13.2 Å². The zero-order valence-corrected chi connectivity index (χ0v) is 16.9. The van der Waals surface area contributed by atoms with Crippen LogP contribution in [0.4, 0.5) is 5.69 Å². The van der Waals surface area contributed by atoms with Gasteiger partial charge in [0.15, 0.2) is 0 Å². The summed E-state index contributed by atoms with van der Waals surface area (Å²) in [5, 5.41) is 0. The summed E-state index contributed by atoms with van der Waals surface area (Å²) in [5.74, 6) is -0.475. The first kappa shape index (κ1) is 20.5. The van der Waals surface area contributed by atoms with Gasteiger partial charge in [-0.15, -0.1) is 0 Å². The van der Waals surface area contributed by atoms with Crippen LogP contribution < -0.4 is 4.31 Å². The quantitative estimate of drug-likeness (QED) is 0.418. The monoisotopic (exact) mass is 410 g/mol. The number of sulfonamides is 1. The fourth-order valence-corrected chi connectivity index (χ4v) is 3.96. The molecule has 3 aromatic rings. The lowest BCUT2D eigenvalue weighted by Gasteiger charge is -2.19. The fraction of sp³-hybridized carbons (Fsp3) is 0.182. The van der Waals surface area contributed by atoms with Gasteiger partial charge in [-0.1, -0.05) is 24.3 Å². The number of nitrogens with zero attached hydrogens (tertiary/aromatic N) is 2. The number of carbonyl (C=O) groups excluding carboxylic acids is 1. The molecule has 0 aliphatic rings. The first-order chi connectivity index (χ1) is 14.0. The molecule has 0 radical (unpaired) electrons. The first-order valence-electron chi connectivity index (χ1n) is 9.18. The van der Waals surface area contributed by atoms with Crippen LogP contribution in [0.1, 0.15) is 22.3 Å². The largest absolute Gasteiger partial charge is 0.462 e. The second-order valence-electron chi connectivity index (χ2n) is 6.43. The van der Waals surface area contributed by atoms with Crippen LogP contribution in [-0.2, 0) is 21.2 Å². The molecule has 6 nitrogen and oxygen atoms in total. The maximum Gasteiger partial charge on any atom is 0.338 e. The molecular formula is C22H22N2O4S. The summed E-state index contributed by atoms with van der Waals surface area (Å²) in [6.07, 6.45) is 4.95. The number of para-hydroxylation sites is 1. The summed E-state index contributed by atoms with van der Waals surface area (Å²) < 4.78 is 32.0. The molecule has 0 saturated heterocycles. The van der Waals surface area contributed by atoms with Crippen LogP contribution in [-0.4, -0.2) is 33.0 Å². The summed E-state index contributed by atoms with van der Waals surface area (Å²) in [5.41, 5.74) is 1.96. The van der Waals surface area contributed by atoms with Gasteiger partial charge in [-0.2, -0.15) is 0 Å². The van der Waals surface area contributed by atoms with E-state index in [1.807, 2.05) is 18.2 Å². The van der Waals surface area contributed by atoms with Crippen LogP contribution >= 0.6 is 0 Å². The maximum atomic E-state index is 12.8. The van der Waals surface area contributed by atoms with E-state index in [9.17, 15) is 13.2 Å². The summed E-state index contributed by atoms with van der Waals surface area (Å²) in [6.45, 7) is 0.282. The second-order valence-corrected chi connectivity index (χ2v) is 8.40. The highest BCUT2D eigenvalue weighted by Gasteiger charge is 2.21. The van der Waals surface area contributed by atoms with Crippen molar-refractivity contribution in [1.82, 2.24) is 4.98 Å². The van der Waals surface area contributed by atoms with Gasteiger partial charge in [-0.3, -0.25) is 9.29 Å². The molecule has 3 rings (SSSR count). The van der Waals surface area contributed by atoms with Crippen molar-refractivity contribution in [3.8, 4) is 0 Å². The third kappa shape index (κ3) is 5.20. The number of aryl methyl sites for hydroxylation is 1. The molecular weight excluding hydrogens is 388 g/mol. The number of carbonyl (C=O) groups is 1. The molecule has 2 aromatic carbocycles. The highest BCUT2D eigenvalue weighted by Crippen LogP contribution is 2.22. The predicted octanol–water partition coefficient (Wildman–Crippen LogP) is 3.70. The summed E-state index contributed by atoms with van der Waals surface area (Å²) in [7, 11) is -2.22. The molecule has 0 atom stereocenters. The Kier molecular flexibility index (Phi) is 6.61. The molecule has 0 aliphatic carbocycles. The minimum atomic E-state index is -3.71. The lowest BCUT2D eigenvalue weighted by Crippen LogP contribution is -2.26. The molecule has 0 spiro atoms. The van der Waals surface area contributed by atoms with Gasteiger partial charge in [0.05, 0.1) is 22.8 Å². The Labute approximate surface area is 170 Å². The van der Waals surface area contributed by atoms with Crippen molar-refractivity contribution < 1.29 is 17.9 Å². The Morgan fingerprint density at radius 2 is 1.72 bits per heavy atom. The number of hydrogen-bond acceptors (Lipinski definition) is 5. The molecule has 0 N–H and O–H groups in total. The normalized spacial score (nSPS) is 11.1. The van der Waals surface area contributed by atoms with E-state index in [0.717, 1.165) is 12.0 Å². The van der Waals surface area contributed by atoms with Gasteiger partial charge in [0.25, 0.3) is 10.0 Å². The molecule has 7 heteroatoms. The Balaban J connectivity index is 1.58. The van der Waals surface area contributed by atoms with Gasteiger partial charge in [0, 0.05) is 19.4 Å². The molecule has 0 saturated carbocycles. The number of rotatable bonds is 8. The summed E-state index contributed by atoms with van der Waals surface area (Å²) in [6, 6.07) is 18.4. The van der Waals surface area contributed by atoms with Gasteiger partial charge in [0.2, 0.25) is 0 Å². The van der Waals surface area contributed by atoms with E-state index < -0.39 is 16.0 Å². The lowest BCUT2D eigenvalue weighted by molar-refractivity contribution is 0.0500. The smallest absolute Gasteiger partial charge is 0.338 e. The molecule has 0 unspecified atom stereocenters. The molecule has 1 heterocycles. The average Bonchev–Trinajstić information content (AvgIpc) is 2.77. The Hall–Kier alpha value is -3.19. The van der Waals surface area contributed by atoms with Crippen molar-refractivity contribution >= 4 is 21.7 Å². The minimum Gasteiger partial charge on any atom is -0.462 e. The van der Waals surface area contributed by atoms with Crippen molar-refractivity contribution in [3.05, 3.63) is 90.3 Å². The Bertz CT molecular complexity index is 1040. The lowest BCUT2D eigenvalue weighted by atomic mass is 10.2. The zero-order valence-electron chi connectivity index (χ0n) is 16.1. The zero-order chi connectivity index (χ0) is 20.7. The van der Waals surface area contributed by atoms with Crippen molar-refractivity contribution in [2.45, 2.75) is 17.7 Å². The molecule has 0 amide bonds. The van der Waals surface area contributed by atoms with Gasteiger partial charge in [-0.05, 0) is 60.9 Å². The van der Waals surface area contributed by atoms with Crippen molar-refractivity contribution in [3.63, 3.8) is 0 Å². The van der Waals surface area contributed by atoms with Crippen LogP contribution in [0.2, 0.25) is 0 Å². The number of ether oxygens (including phenoxy) is 1. The number of esters is 1. The van der Waals surface area contributed by atoms with Crippen molar-refractivity contribution in [1.29, 1.82) is 0 Å². The van der Waals surface area contributed by atoms with Crippen LogP contribution in [0.5, 0.6) is 0 Å². The van der Waals surface area contributed by atoms with Crippen LogP contribution in [0.15, 0.2) is 84.0 Å².